The maximum absolute atomic E-state index is 12.1. The van der Waals surface area contributed by atoms with E-state index in [1.165, 1.54) is 10.6 Å². The minimum Gasteiger partial charge on any atom is -0.468 e. The van der Waals surface area contributed by atoms with E-state index in [4.69, 9.17) is 4.42 Å². The Balaban J connectivity index is 1.97. The summed E-state index contributed by atoms with van der Waals surface area (Å²) in [5.41, 5.74) is 2.83. The van der Waals surface area contributed by atoms with E-state index in [-0.39, 0.29) is 25.4 Å². The van der Waals surface area contributed by atoms with Gasteiger partial charge in [-0.3, -0.25) is 4.79 Å². The van der Waals surface area contributed by atoms with Gasteiger partial charge in [-0.15, -0.1) is 0 Å². The van der Waals surface area contributed by atoms with Crippen LogP contribution in [0.25, 0.3) is 0 Å². The molecule has 130 valence electrons. The predicted molar refractivity (Wildman–Crippen MR) is 93.1 cm³/mol. The molecule has 7 heteroatoms. The Hall–Kier alpha value is -2.12. The first-order valence-electron chi connectivity index (χ1n) is 7.60. The Morgan fingerprint density at radius 3 is 2.58 bits per heavy atom. The maximum Gasteiger partial charge on any atom is 0.225 e. The van der Waals surface area contributed by atoms with Crippen LogP contribution in [-0.2, 0) is 21.4 Å². The number of nitrogens with zero attached hydrogens (tertiary/aromatic N) is 1. The standard InChI is InChI=1S/C17H22N2O4S/c1-13-6-7-16(14(2)11-13)18-17(20)8-9-19(24(3,21)22)12-15-5-4-10-23-15/h4-7,10-11H,8-9,12H2,1-3H3,(H,18,20). The Morgan fingerprint density at radius 1 is 1.25 bits per heavy atom. The summed E-state index contributed by atoms with van der Waals surface area (Å²) in [6.07, 6.45) is 2.68. The van der Waals surface area contributed by atoms with Crippen LogP contribution >= 0.6 is 0 Å². The van der Waals surface area contributed by atoms with Crippen molar-refractivity contribution in [1.82, 2.24) is 4.31 Å². The van der Waals surface area contributed by atoms with Crippen molar-refractivity contribution < 1.29 is 17.6 Å². The number of aryl methyl sites for hydroxylation is 2. The number of amides is 1. The van der Waals surface area contributed by atoms with Gasteiger partial charge >= 0.3 is 0 Å². The summed E-state index contributed by atoms with van der Waals surface area (Å²) < 4.78 is 30.2. The molecule has 1 N–H and O–H groups in total. The van der Waals surface area contributed by atoms with E-state index in [1.807, 2.05) is 32.0 Å². The van der Waals surface area contributed by atoms with Gasteiger partial charge in [-0.2, -0.15) is 4.31 Å². The molecule has 0 spiro atoms. The van der Waals surface area contributed by atoms with Crippen molar-refractivity contribution in [3.05, 3.63) is 53.5 Å². The normalized spacial score (nSPS) is 11.7. The Bertz CT molecular complexity index is 798. The van der Waals surface area contributed by atoms with Crippen molar-refractivity contribution in [2.75, 3.05) is 18.1 Å². The van der Waals surface area contributed by atoms with E-state index in [0.29, 0.717) is 5.76 Å². The lowest BCUT2D eigenvalue weighted by Crippen LogP contribution is -2.32. The first kappa shape index (κ1) is 18.2. The number of rotatable bonds is 7. The molecule has 0 aliphatic heterocycles. The number of sulfonamides is 1. The van der Waals surface area contributed by atoms with Crippen molar-refractivity contribution in [2.24, 2.45) is 0 Å². The molecule has 6 nitrogen and oxygen atoms in total. The fourth-order valence-corrected chi connectivity index (χ4v) is 3.12. The zero-order valence-electron chi connectivity index (χ0n) is 14.1. The largest absolute Gasteiger partial charge is 0.468 e. The molecule has 0 unspecified atom stereocenters. The zero-order valence-corrected chi connectivity index (χ0v) is 14.9. The second-order valence-electron chi connectivity index (χ2n) is 5.79. The molecule has 0 atom stereocenters. The number of furan rings is 1. The number of hydrogen-bond donors (Lipinski definition) is 1. The van der Waals surface area contributed by atoms with Crippen LogP contribution in [0.15, 0.2) is 41.0 Å². The van der Waals surface area contributed by atoms with Crippen molar-refractivity contribution in [2.45, 2.75) is 26.8 Å². The van der Waals surface area contributed by atoms with E-state index >= 15 is 0 Å². The molecule has 0 bridgehead atoms. The van der Waals surface area contributed by atoms with Crippen molar-refractivity contribution in [3.63, 3.8) is 0 Å². The van der Waals surface area contributed by atoms with Crippen molar-refractivity contribution in [3.8, 4) is 0 Å². The van der Waals surface area contributed by atoms with Crippen molar-refractivity contribution >= 4 is 21.6 Å². The molecule has 24 heavy (non-hydrogen) atoms. The maximum atomic E-state index is 12.1. The summed E-state index contributed by atoms with van der Waals surface area (Å²) in [5, 5.41) is 2.82. The summed E-state index contributed by atoms with van der Waals surface area (Å²) in [4.78, 5) is 12.1. The van der Waals surface area contributed by atoms with Crippen LogP contribution in [-0.4, -0.2) is 31.4 Å². The Labute approximate surface area is 142 Å². The molecule has 1 heterocycles. The second kappa shape index (κ2) is 7.63. The third-order valence-electron chi connectivity index (χ3n) is 3.63. The summed E-state index contributed by atoms with van der Waals surface area (Å²) in [5.74, 6) is 0.310. The fraction of sp³-hybridized carbons (Fsp3) is 0.353. The average Bonchev–Trinajstić information content (AvgIpc) is 2.98. The van der Waals surface area contributed by atoms with E-state index in [0.717, 1.165) is 23.1 Å². The quantitative estimate of drug-likeness (QED) is 0.832. The van der Waals surface area contributed by atoms with Crippen molar-refractivity contribution in [1.29, 1.82) is 0 Å². The number of nitrogens with one attached hydrogen (secondary N) is 1. The molecule has 1 amide bonds. The number of benzene rings is 1. The van der Waals surface area contributed by atoms with E-state index in [9.17, 15) is 13.2 Å². The van der Waals surface area contributed by atoms with Gasteiger partial charge in [0.1, 0.15) is 5.76 Å². The van der Waals surface area contributed by atoms with Gasteiger partial charge in [-0.05, 0) is 37.6 Å². The van der Waals surface area contributed by atoms with Gasteiger partial charge in [-0.25, -0.2) is 8.42 Å². The number of carbonyl (C=O) groups is 1. The first-order valence-corrected chi connectivity index (χ1v) is 9.45. The second-order valence-corrected chi connectivity index (χ2v) is 7.77. The monoisotopic (exact) mass is 350 g/mol. The predicted octanol–water partition coefficient (Wildman–Crippen LogP) is 2.69. The van der Waals surface area contributed by atoms with E-state index in [1.54, 1.807) is 12.1 Å². The van der Waals surface area contributed by atoms with Gasteiger partial charge in [-0.1, -0.05) is 17.7 Å². The van der Waals surface area contributed by atoms with Gasteiger partial charge in [0.05, 0.1) is 19.1 Å². The summed E-state index contributed by atoms with van der Waals surface area (Å²) >= 11 is 0. The molecule has 0 aliphatic rings. The molecule has 0 saturated heterocycles. The van der Waals surface area contributed by atoms with Gasteiger partial charge in [0, 0.05) is 18.7 Å². The molecule has 0 aliphatic carbocycles. The number of anilines is 1. The van der Waals surface area contributed by atoms with Crippen LogP contribution in [0, 0.1) is 13.8 Å². The minimum absolute atomic E-state index is 0.0705. The van der Waals surface area contributed by atoms with Crippen LogP contribution in [0.4, 0.5) is 5.69 Å². The molecule has 1 aromatic carbocycles. The molecule has 2 aromatic rings. The molecule has 2 rings (SSSR count). The molecule has 0 radical (unpaired) electrons. The molecular weight excluding hydrogens is 328 g/mol. The van der Waals surface area contributed by atoms with E-state index in [2.05, 4.69) is 5.32 Å². The highest BCUT2D eigenvalue weighted by atomic mass is 32.2. The van der Waals surface area contributed by atoms with E-state index < -0.39 is 10.0 Å². The van der Waals surface area contributed by atoms with Gasteiger partial charge in [0.2, 0.25) is 15.9 Å². The first-order chi connectivity index (χ1) is 11.3. The highest BCUT2D eigenvalue weighted by Crippen LogP contribution is 2.16. The van der Waals surface area contributed by atoms with Crippen LogP contribution in [0.1, 0.15) is 23.3 Å². The van der Waals surface area contributed by atoms with Crippen LogP contribution in [0.5, 0.6) is 0 Å². The highest BCUT2D eigenvalue weighted by molar-refractivity contribution is 7.88. The Kier molecular flexibility index (Phi) is 5.80. The smallest absolute Gasteiger partial charge is 0.225 e. The van der Waals surface area contributed by atoms with Crippen LogP contribution in [0.3, 0.4) is 0 Å². The van der Waals surface area contributed by atoms with Gasteiger partial charge in [0.15, 0.2) is 0 Å². The minimum atomic E-state index is -3.43. The molecule has 0 saturated carbocycles. The lowest BCUT2D eigenvalue weighted by Gasteiger charge is -2.18. The van der Waals surface area contributed by atoms with Crippen LogP contribution < -0.4 is 5.32 Å². The van der Waals surface area contributed by atoms with Gasteiger partial charge in [0.25, 0.3) is 0 Å². The third-order valence-corrected chi connectivity index (χ3v) is 4.88. The molecular formula is C17H22N2O4S. The summed E-state index contributed by atoms with van der Waals surface area (Å²) in [6, 6.07) is 9.15. The lowest BCUT2D eigenvalue weighted by atomic mass is 10.1. The molecule has 0 fully saturated rings. The topological polar surface area (TPSA) is 79.6 Å². The number of carbonyl (C=O) groups excluding carboxylic acids is 1. The SMILES string of the molecule is Cc1ccc(NC(=O)CCN(Cc2ccco2)S(C)(=O)=O)c(C)c1. The fourth-order valence-electron chi connectivity index (χ4n) is 2.33. The average molecular weight is 350 g/mol. The molecule has 1 aromatic heterocycles. The Morgan fingerprint density at radius 2 is 2.00 bits per heavy atom. The number of hydrogen-bond acceptors (Lipinski definition) is 4. The van der Waals surface area contributed by atoms with Gasteiger partial charge < -0.3 is 9.73 Å². The lowest BCUT2D eigenvalue weighted by molar-refractivity contribution is -0.116. The third kappa shape index (κ3) is 5.21. The highest BCUT2D eigenvalue weighted by Gasteiger charge is 2.19. The van der Waals surface area contributed by atoms with Crippen LogP contribution in [0.2, 0.25) is 0 Å². The summed E-state index contributed by atoms with van der Waals surface area (Å²) in [7, 11) is -3.43. The summed E-state index contributed by atoms with van der Waals surface area (Å²) in [6.45, 7) is 4.11. The zero-order chi connectivity index (χ0) is 17.7.